The zero-order chi connectivity index (χ0) is 22.6. The number of nitrogens with one attached hydrogen (secondary N) is 2. The Morgan fingerprint density at radius 2 is 1.39 bits per heavy atom. The van der Waals surface area contributed by atoms with E-state index in [9.17, 15) is 9.59 Å². The average Bonchev–Trinajstić information content (AvgIpc) is 2.79. The molecule has 1 aromatic carbocycles. The van der Waals surface area contributed by atoms with Crippen molar-refractivity contribution in [1.29, 1.82) is 0 Å². The first-order valence-corrected chi connectivity index (χ1v) is 12.4. The summed E-state index contributed by atoms with van der Waals surface area (Å²) < 4.78 is 0. The van der Waals surface area contributed by atoms with Gasteiger partial charge in [-0.3, -0.25) is 14.8 Å². The Kier molecular flexibility index (Phi) is 16.5. The van der Waals surface area contributed by atoms with Gasteiger partial charge in [-0.25, -0.2) is 5.48 Å². The Balaban J connectivity index is 2.16. The summed E-state index contributed by atoms with van der Waals surface area (Å²) in [4.78, 5) is 24.1. The summed E-state index contributed by atoms with van der Waals surface area (Å²) in [5, 5.41) is 11.8. The summed E-state index contributed by atoms with van der Waals surface area (Å²) in [7, 11) is 0. The molecule has 176 valence electrons. The predicted octanol–water partition coefficient (Wildman–Crippen LogP) is 5.95. The molecule has 0 radical (unpaired) electrons. The number of carbonyl (C=O) groups is 2. The van der Waals surface area contributed by atoms with Gasteiger partial charge in [0, 0.05) is 18.9 Å². The van der Waals surface area contributed by atoms with Crippen LogP contribution in [0.25, 0.3) is 0 Å². The molecule has 0 fully saturated rings. The van der Waals surface area contributed by atoms with E-state index in [2.05, 4.69) is 12.2 Å². The smallest absolute Gasteiger partial charge is 0.244 e. The number of hydrogen-bond donors (Lipinski definition) is 3. The number of benzene rings is 1. The molecule has 0 bridgehead atoms. The van der Waals surface area contributed by atoms with Gasteiger partial charge in [-0.2, -0.15) is 0 Å². The lowest BCUT2D eigenvalue weighted by atomic mass is 9.95. The third kappa shape index (κ3) is 14.7. The molecule has 0 aliphatic rings. The molecule has 0 saturated heterocycles. The monoisotopic (exact) mass is 432 g/mol. The van der Waals surface area contributed by atoms with E-state index in [1.807, 2.05) is 30.3 Å². The first-order valence-electron chi connectivity index (χ1n) is 12.4. The summed E-state index contributed by atoms with van der Waals surface area (Å²) in [6, 6.07) is 10.0. The van der Waals surface area contributed by atoms with Gasteiger partial charge < -0.3 is 5.32 Å². The summed E-state index contributed by atoms with van der Waals surface area (Å²) in [6.07, 6.45) is 16.7. The van der Waals surface area contributed by atoms with Crippen LogP contribution in [-0.4, -0.2) is 23.6 Å². The fourth-order valence-electron chi connectivity index (χ4n) is 3.95. The van der Waals surface area contributed by atoms with Crippen LogP contribution in [0.4, 0.5) is 0 Å². The van der Waals surface area contributed by atoms with E-state index in [0.717, 1.165) is 19.3 Å². The lowest BCUT2D eigenvalue weighted by molar-refractivity contribution is -0.135. The highest BCUT2D eigenvalue weighted by Gasteiger charge is 2.21. The zero-order valence-electron chi connectivity index (χ0n) is 19.5. The van der Waals surface area contributed by atoms with Gasteiger partial charge >= 0.3 is 0 Å². The molecular formula is C26H44N2O3. The SMILES string of the molecule is CCCCCCCCCCCCCCC(CC(=O)NO)C(=O)NCCc1ccccc1. The molecule has 3 N–H and O–H groups in total. The van der Waals surface area contributed by atoms with Crippen LogP contribution in [0.1, 0.15) is 102 Å². The summed E-state index contributed by atoms with van der Waals surface area (Å²) in [5.74, 6) is -0.976. The van der Waals surface area contributed by atoms with E-state index in [1.165, 1.54) is 69.8 Å². The van der Waals surface area contributed by atoms with Crippen LogP contribution >= 0.6 is 0 Å². The van der Waals surface area contributed by atoms with Crippen LogP contribution in [0.15, 0.2) is 30.3 Å². The van der Waals surface area contributed by atoms with Gasteiger partial charge in [0.1, 0.15) is 0 Å². The molecule has 31 heavy (non-hydrogen) atoms. The quantitative estimate of drug-likeness (QED) is 0.144. The fraction of sp³-hybridized carbons (Fsp3) is 0.692. The van der Waals surface area contributed by atoms with Gasteiger partial charge in [0.05, 0.1) is 0 Å². The van der Waals surface area contributed by atoms with E-state index < -0.39 is 5.91 Å². The standard InChI is InChI=1S/C26H44N2O3/c1-2-3-4-5-6-7-8-9-10-11-12-16-19-24(22-25(29)28-31)26(30)27-21-20-23-17-14-13-15-18-23/h13-15,17-18,24,31H,2-12,16,19-22H2,1H3,(H,27,30)(H,28,29). The molecule has 1 rings (SSSR count). The van der Waals surface area contributed by atoms with Crippen molar-refractivity contribution in [3.8, 4) is 0 Å². The minimum atomic E-state index is -0.498. The largest absolute Gasteiger partial charge is 0.356 e. The van der Waals surface area contributed by atoms with Crippen molar-refractivity contribution in [2.75, 3.05) is 6.54 Å². The van der Waals surface area contributed by atoms with Crippen LogP contribution in [0.5, 0.6) is 0 Å². The van der Waals surface area contributed by atoms with E-state index in [-0.39, 0.29) is 18.2 Å². The highest BCUT2D eigenvalue weighted by Crippen LogP contribution is 2.17. The van der Waals surface area contributed by atoms with Crippen molar-refractivity contribution < 1.29 is 14.8 Å². The van der Waals surface area contributed by atoms with E-state index in [0.29, 0.717) is 13.0 Å². The number of amides is 2. The molecule has 0 aliphatic carbocycles. The number of hydrogen-bond acceptors (Lipinski definition) is 3. The highest BCUT2D eigenvalue weighted by molar-refractivity contribution is 5.85. The minimum Gasteiger partial charge on any atom is -0.356 e. The van der Waals surface area contributed by atoms with E-state index in [1.54, 1.807) is 5.48 Å². The maximum absolute atomic E-state index is 12.5. The number of rotatable bonds is 19. The molecule has 0 heterocycles. The second-order valence-electron chi connectivity index (χ2n) is 8.64. The maximum Gasteiger partial charge on any atom is 0.244 e. The zero-order valence-corrected chi connectivity index (χ0v) is 19.5. The number of unbranched alkanes of at least 4 members (excludes halogenated alkanes) is 11. The first-order chi connectivity index (χ1) is 15.2. The Labute approximate surface area is 189 Å². The Hall–Kier alpha value is -1.88. The molecule has 5 heteroatoms. The lowest BCUT2D eigenvalue weighted by Crippen LogP contribution is -2.35. The number of carbonyl (C=O) groups excluding carboxylic acids is 2. The normalized spacial score (nSPS) is 11.8. The Morgan fingerprint density at radius 3 is 1.94 bits per heavy atom. The van der Waals surface area contributed by atoms with Crippen LogP contribution in [0.2, 0.25) is 0 Å². The maximum atomic E-state index is 12.5. The van der Waals surface area contributed by atoms with Gasteiger partial charge in [0.15, 0.2) is 0 Å². The van der Waals surface area contributed by atoms with Gasteiger partial charge in [-0.05, 0) is 18.4 Å². The molecule has 0 aromatic heterocycles. The molecular weight excluding hydrogens is 388 g/mol. The summed E-state index contributed by atoms with van der Waals surface area (Å²) in [6.45, 7) is 2.81. The van der Waals surface area contributed by atoms with Gasteiger partial charge in [0.25, 0.3) is 0 Å². The van der Waals surface area contributed by atoms with Crippen LogP contribution in [0.3, 0.4) is 0 Å². The van der Waals surface area contributed by atoms with Gasteiger partial charge in [-0.1, -0.05) is 114 Å². The summed E-state index contributed by atoms with van der Waals surface area (Å²) in [5.41, 5.74) is 2.83. The van der Waals surface area contributed by atoms with Crippen LogP contribution in [0, 0.1) is 5.92 Å². The van der Waals surface area contributed by atoms with Crippen molar-refractivity contribution in [1.82, 2.24) is 10.8 Å². The topological polar surface area (TPSA) is 78.4 Å². The molecule has 5 nitrogen and oxygen atoms in total. The molecule has 1 atom stereocenters. The van der Waals surface area contributed by atoms with Crippen LogP contribution < -0.4 is 10.8 Å². The number of hydroxylamine groups is 1. The molecule has 0 spiro atoms. The molecule has 2 amide bonds. The van der Waals surface area contributed by atoms with Crippen molar-refractivity contribution >= 4 is 11.8 Å². The molecule has 0 aliphatic heterocycles. The average molecular weight is 433 g/mol. The fourth-order valence-corrected chi connectivity index (χ4v) is 3.95. The predicted molar refractivity (Wildman–Crippen MR) is 127 cm³/mol. The van der Waals surface area contributed by atoms with Crippen molar-refractivity contribution in [2.24, 2.45) is 5.92 Å². The van der Waals surface area contributed by atoms with E-state index >= 15 is 0 Å². The first kappa shape index (κ1) is 27.2. The van der Waals surface area contributed by atoms with Crippen molar-refractivity contribution in [2.45, 2.75) is 103 Å². The third-order valence-corrected chi connectivity index (χ3v) is 5.89. The minimum absolute atomic E-state index is 0.0334. The Morgan fingerprint density at radius 1 is 0.839 bits per heavy atom. The van der Waals surface area contributed by atoms with E-state index in [4.69, 9.17) is 5.21 Å². The third-order valence-electron chi connectivity index (χ3n) is 5.89. The molecule has 0 saturated carbocycles. The van der Waals surface area contributed by atoms with Crippen molar-refractivity contribution in [3.05, 3.63) is 35.9 Å². The van der Waals surface area contributed by atoms with Crippen molar-refractivity contribution in [3.63, 3.8) is 0 Å². The highest BCUT2D eigenvalue weighted by atomic mass is 16.5. The van der Waals surface area contributed by atoms with Crippen LogP contribution in [-0.2, 0) is 16.0 Å². The molecule has 1 unspecified atom stereocenters. The lowest BCUT2D eigenvalue weighted by Gasteiger charge is -2.16. The molecule has 1 aromatic rings. The van der Waals surface area contributed by atoms with Gasteiger partial charge in [0.2, 0.25) is 11.8 Å². The second-order valence-corrected chi connectivity index (χ2v) is 8.64. The summed E-state index contributed by atoms with van der Waals surface area (Å²) >= 11 is 0. The second kappa shape index (κ2) is 18.9. The Bertz CT molecular complexity index is 577. The van der Waals surface area contributed by atoms with Gasteiger partial charge in [-0.15, -0.1) is 0 Å².